The van der Waals surface area contributed by atoms with Crippen molar-refractivity contribution in [2.75, 3.05) is 0 Å². The fraction of sp³-hybridized carbons (Fsp3) is 0.567. The molecule has 2 aromatic rings. The Morgan fingerprint density at radius 1 is 0.667 bits per heavy atom. The molecule has 0 aromatic heterocycles. The third-order valence-corrected chi connectivity index (χ3v) is 5.63. The van der Waals surface area contributed by atoms with E-state index in [0.717, 1.165) is 12.8 Å². The minimum atomic E-state index is 0.159. The Hall–Kier alpha value is -2.29. The first kappa shape index (κ1) is 30.7. The first-order valence-corrected chi connectivity index (χ1v) is 12.4. The lowest BCUT2D eigenvalue weighted by molar-refractivity contribution is -0.0980. The van der Waals surface area contributed by atoms with E-state index in [9.17, 15) is 5.11 Å². The fourth-order valence-corrected chi connectivity index (χ4v) is 4.29. The summed E-state index contributed by atoms with van der Waals surface area (Å²) in [5, 5.41) is 18.4. The summed E-state index contributed by atoms with van der Waals surface area (Å²) in [5.41, 5.74) is 3.11. The lowest BCUT2D eigenvalue weighted by Crippen LogP contribution is -2.24. The second-order valence-electron chi connectivity index (χ2n) is 10.7. The minimum Gasteiger partial charge on any atom is -0.508 e. The summed E-state index contributed by atoms with van der Waals surface area (Å²) >= 11 is 0. The van der Waals surface area contributed by atoms with Gasteiger partial charge < -0.3 is 15.0 Å². The SMILES string of the molecule is C=O.CC(C)(C)CC(C)(C)c1ccc(O)cc1.CCCCCCCCCc1ccc(O)cc1. The van der Waals surface area contributed by atoms with Crippen molar-refractivity contribution in [3.05, 3.63) is 59.7 Å². The van der Waals surface area contributed by atoms with Crippen molar-refractivity contribution in [2.24, 2.45) is 5.41 Å². The number of phenolic OH excluding ortho intramolecular Hbond substituents is 2. The minimum absolute atomic E-state index is 0.159. The van der Waals surface area contributed by atoms with Crippen molar-refractivity contribution in [1.82, 2.24) is 0 Å². The maximum atomic E-state index is 9.25. The molecule has 0 bridgehead atoms. The van der Waals surface area contributed by atoms with Gasteiger partial charge in [0.05, 0.1) is 0 Å². The Balaban J connectivity index is 0.000000578. The van der Waals surface area contributed by atoms with Gasteiger partial charge in [0.25, 0.3) is 0 Å². The number of aromatic hydroxyl groups is 2. The summed E-state index contributed by atoms with van der Waals surface area (Å²) in [6, 6.07) is 15.1. The number of benzene rings is 2. The van der Waals surface area contributed by atoms with E-state index in [4.69, 9.17) is 9.90 Å². The molecule has 0 radical (unpaired) electrons. The molecule has 0 amide bonds. The van der Waals surface area contributed by atoms with Crippen molar-refractivity contribution >= 4 is 6.79 Å². The lowest BCUT2D eigenvalue weighted by Gasteiger charge is -2.33. The van der Waals surface area contributed by atoms with Gasteiger partial charge in [-0.1, -0.05) is 104 Å². The van der Waals surface area contributed by atoms with Crippen molar-refractivity contribution in [3.8, 4) is 11.5 Å². The number of rotatable bonds is 10. The van der Waals surface area contributed by atoms with Crippen LogP contribution in [0.1, 0.15) is 104 Å². The molecular formula is C30H48O3. The summed E-state index contributed by atoms with van der Waals surface area (Å²) in [5.74, 6) is 0.702. The molecule has 186 valence electrons. The molecule has 33 heavy (non-hydrogen) atoms. The summed E-state index contributed by atoms with van der Waals surface area (Å²) in [6.45, 7) is 15.5. The molecule has 0 saturated carbocycles. The highest BCUT2D eigenvalue weighted by Gasteiger charge is 2.26. The molecule has 0 aliphatic carbocycles. The predicted molar refractivity (Wildman–Crippen MR) is 142 cm³/mol. The maximum Gasteiger partial charge on any atom is 0.115 e. The largest absolute Gasteiger partial charge is 0.508 e. The molecule has 0 unspecified atom stereocenters. The van der Waals surface area contributed by atoms with Crippen molar-refractivity contribution in [3.63, 3.8) is 0 Å². The van der Waals surface area contributed by atoms with Gasteiger partial charge in [0, 0.05) is 0 Å². The highest BCUT2D eigenvalue weighted by atomic mass is 16.3. The van der Waals surface area contributed by atoms with Gasteiger partial charge in [0.2, 0.25) is 0 Å². The van der Waals surface area contributed by atoms with E-state index >= 15 is 0 Å². The van der Waals surface area contributed by atoms with E-state index in [-0.39, 0.29) is 5.41 Å². The molecule has 3 nitrogen and oxygen atoms in total. The number of hydrogen-bond acceptors (Lipinski definition) is 3. The van der Waals surface area contributed by atoms with Gasteiger partial charge in [-0.3, -0.25) is 0 Å². The van der Waals surface area contributed by atoms with Crippen LogP contribution in [0.15, 0.2) is 48.5 Å². The zero-order chi connectivity index (χ0) is 25.3. The number of carbonyl (C=O) groups is 1. The second kappa shape index (κ2) is 16.3. The summed E-state index contributed by atoms with van der Waals surface area (Å²) < 4.78 is 0. The van der Waals surface area contributed by atoms with Crippen molar-refractivity contribution in [2.45, 2.75) is 105 Å². The normalized spacial score (nSPS) is 11.1. The van der Waals surface area contributed by atoms with E-state index in [1.54, 1.807) is 24.3 Å². The molecule has 2 N–H and O–H groups in total. The molecule has 0 aliphatic heterocycles. The van der Waals surface area contributed by atoms with Crippen LogP contribution >= 0.6 is 0 Å². The van der Waals surface area contributed by atoms with E-state index in [2.05, 4.69) is 41.5 Å². The van der Waals surface area contributed by atoms with Gasteiger partial charge >= 0.3 is 0 Å². The zero-order valence-corrected chi connectivity index (χ0v) is 22.0. The van der Waals surface area contributed by atoms with Gasteiger partial charge in [0.1, 0.15) is 18.3 Å². The average molecular weight is 457 g/mol. The van der Waals surface area contributed by atoms with Gasteiger partial charge in [-0.25, -0.2) is 0 Å². The molecule has 0 fully saturated rings. The third-order valence-electron chi connectivity index (χ3n) is 5.63. The molecule has 0 saturated heterocycles. The van der Waals surface area contributed by atoms with Crippen LogP contribution in [0.3, 0.4) is 0 Å². The van der Waals surface area contributed by atoms with E-state index in [0.29, 0.717) is 16.9 Å². The van der Waals surface area contributed by atoms with Gasteiger partial charge in [-0.2, -0.15) is 0 Å². The van der Waals surface area contributed by atoms with Crippen LogP contribution in [0.2, 0.25) is 0 Å². The number of hydrogen-bond donors (Lipinski definition) is 2. The molecule has 0 atom stereocenters. The van der Waals surface area contributed by atoms with E-state index in [1.807, 2.05) is 31.1 Å². The predicted octanol–water partition coefficient (Wildman–Crippen LogP) is 8.61. The Morgan fingerprint density at radius 2 is 1.09 bits per heavy atom. The second-order valence-corrected chi connectivity index (χ2v) is 10.7. The van der Waals surface area contributed by atoms with Crippen LogP contribution in [0, 0.1) is 5.41 Å². The van der Waals surface area contributed by atoms with Crippen LogP contribution in [0.5, 0.6) is 11.5 Å². The first-order chi connectivity index (χ1) is 15.5. The number of phenols is 2. The smallest absolute Gasteiger partial charge is 0.115 e. The number of carbonyl (C=O) groups excluding carboxylic acids is 1. The van der Waals surface area contributed by atoms with Crippen LogP contribution in [0.25, 0.3) is 0 Å². The van der Waals surface area contributed by atoms with Gasteiger partial charge in [0.15, 0.2) is 0 Å². The topological polar surface area (TPSA) is 57.5 Å². The van der Waals surface area contributed by atoms with Crippen LogP contribution in [0.4, 0.5) is 0 Å². The van der Waals surface area contributed by atoms with Gasteiger partial charge in [-0.05, 0) is 65.5 Å². The monoisotopic (exact) mass is 456 g/mol. The first-order valence-electron chi connectivity index (χ1n) is 12.4. The quantitative estimate of drug-likeness (QED) is 0.352. The van der Waals surface area contributed by atoms with Crippen LogP contribution < -0.4 is 0 Å². The number of aryl methyl sites for hydroxylation is 1. The Morgan fingerprint density at radius 3 is 1.55 bits per heavy atom. The Labute approximate surface area is 203 Å². The van der Waals surface area contributed by atoms with Crippen molar-refractivity contribution in [1.29, 1.82) is 0 Å². The molecule has 0 spiro atoms. The molecule has 2 rings (SSSR count). The standard InChI is InChI=1S/C15H24O.C14H22O.CH2O/c1-2-3-4-5-6-7-8-9-14-10-12-15(16)13-11-14;1-13(2,3)10-14(4,5)11-6-8-12(15)9-7-11;1-2/h10-13,16H,2-9H2,1H3;6-9,15H,10H2,1-5H3;1H2. The van der Waals surface area contributed by atoms with Crippen molar-refractivity contribution < 1.29 is 15.0 Å². The zero-order valence-electron chi connectivity index (χ0n) is 22.0. The Bertz CT molecular complexity index is 725. The summed E-state index contributed by atoms with van der Waals surface area (Å²) in [6.07, 6.45) is 11.8. The summed E-state index contributed by atoms with van der Waals surface area (Å²) in [4.78, 5) is 8.00. The van der Waals surface area contributed by atoms with E-state index in [1.165, 1.54) is 56.1 Å². The summed E-state index contributed by atoms with van der Waals surface area (Å²) in [7, 11) is 0. The highest BCUT2D eigenvalue weighted by molar-refractivity contribution is 5.30. The average Bonchev–Trinajstić information content (AvgIpc) is 2.75. The fourth-order valence-electron chi connectivity index (χ4n) is 4.29. The van der Waals surface area contributed by atoms with Crippen LogP contribution in [-0.4, -0.2) is 17.0 Å². The Kier molecular flexibility index (Phi) is 15.2. The third kappa shape index (κ3) is 15.2. The maximum absolute atomic E-state index is 9.25. The molecule has 0 aliphatic rings. The molecule has 0 heterocycles. The van der Waals surface area contributed by atoms with Crippen LogP contribution in [-0.2, 0) is 16.6 Å². The number of unbranched alkanes of at least 4 members (excludes halogenated alkanes) is 6. The van der Waals surface area contributed by atoms with Gasteiger partial charge in [-0.15, -0.1) is 0 Å². The molecular weight excluding hydrogens is 408 g/mol. The highest BCUT2D eigenvalue weighted by Crippen LogP contribution is 2.36. The lowest BCUT2D eigenvalue weighted by atomic mass is 9.72. The van der Waals surface area contributed by atoms with E-state index < -0.39 is 0 Å². The molecule has 3 heteroatoms. The molecule has 2 aromatic carbocycles.